The molecule has 1 rings (SSSR count). The molecule has 0 N–H and O–H groups in total. The van der Waals surface area contributed by atoms with Crippen LogP contribution in [0.4, 0.5) is 0 Å². The molecule has 1 amide bonds. The number of nitrogens with zero attached hydrogens (tertiary/aromatic N) is 1. The highest BCUT2D eigenvalue weighted by Crippen LogP contribution is 2.16. The number of benzene rings is 1. The molecule has 1 aromatic rings. The van der Waals surface area contributed by atoms with Crippen molar-refractivity contribution in [2.24, 2.45) is 0 Å². The monoisotopic (exact) mass is 301 g/mol. The van der Waals surface area contributed by atoms with Gasteiger partial charge in [-0.1, -0.05) is 22.0 Å². The minimum Gasteiger partial charge on any atom is -0.345 e. The maximum Gasteiger partial charge on any atom is 0.232 e. The van der Waals surface area contributed by atoms with E-state index in [-0.39, 0.29) is 11.7 Å². The lowest BCUT2D eigenvalue weighted by molar-refractivity contribution is -0.127. The van der Waals surface area contributed by atoms with E-state index in [1.54, 1.807) is 4.90 Å². The standard InChI is InChI=1S/C12H16BrNOS/c1-9-3-4-11(13)7-10(9)5-6-14(2)12(15)8-16/h3-4,7,16H,5-6,8H2,1-2H3. The number of hydrogen-bond donors (Lipinski definition) is 1. The van der Waals surface area contributed by atoms with Crippen LogP contribution in [0.15, 0.2) is 22.7 Å². The van der Waals surface area contributed by atoms with E-state index in [9.17, 15) is 4.79 Å². The minimum absolute atomic E-state index is 0.0657. The fourth-order valence-electron chi connectivity index (χ4n) is 1.44. The zero-order chi connectivity index (χ0) is 12.1. The van der Waals surface area contributed by atoms with Crippen molar-refractivity contribution >= 4 is 34.5 Å². The third-order valence-electron chi connectivity index (χ3n) is 2.59. The normalized spacial score (nSPS) is 10.2. The average Bonchev–Trinajstić information content (AvgIpc) is 2.28. The molecule has 0 saturated carbocycles. The van der Waals surface area contributed by atoms with Crippen LogP contribution < -0.4 is 0 Å². The van der Waals surface area contributed by atoms with Crippen LogP contribution in [0.5, 0.6) is 0 Å². The maximum atomic E-state index is 11.3. The van der Waals surface area contributed by atoms with Crippen LogP contribution in [0, 0.1) is 6.92 Å². The summed E-state index contributed by atoms with van der Waals surface area (Å²) in [5.74, 6) is 0.338. The average molecular weight is 302 g/mol. The van der Waals surface area contributed by atoms with Gasteiger partial charge in [-0.05, 0) is 36.6 Å². The smallest absolute Gasteiger partial charge is 0.232 e. The predicted molar refractivity (Wildman–Crippen MR) is 74.1 cm³/mol. The van der Waals surface area contributed by atoms with E-state index < -0.39 is 0 Å². The van der Waals surface area contributed by atoms with Crippen molar-refractivity contribution < 1.29 is 4.79 Å². The molecule has 0 aliphatic heterocycles. The van der Waals surface area contributed by atoms with Gasteiger partial charge >= 0.3 is 0 Å². The summed E-state index contributed by atoms with van der Waals surface area (Å²) in [6.45, 7) is 2.82. The molecule has 0 aliphatic rings. The molecule has 0 unspecified atom stereocenters. The van der Waals surface area contributed by atoms with Gasteiger partial charge in [0.05, 0.1) is 5.75 Å². The highest BCUT2D eigenvalue weighted by Gasteiger charge is 2.07. The first-order valence-corrected chi connectivity index (χ1v) is 6.57. The number of amides is 1. The molecule has 0 radical (unpaired) electrons. The van der Waals surface area contributed by atoms with Crippen molar-refractivity contribution in [2.75, 3.05) is 19.3 Å². The number of aryl methyl sites for hydroxylation is 1. The summed E-state index contributed by atoms with van der Waals surface area (Å²) >= 11 is 7.43. The first-order chi connectivity index (χ1) is 7.54. The largest absolute Gasteiger partial charge is 0.345 e. The van der Waals surface area contributed by atoms with Crippen LogP contribution in [0.1, 0.15) is 11.1 Å². The molecular formula is C12H16BrNOS. The molecule has 0 saturated heterocycles. The second-order valence-electron chi connectivity index (χ2n) is 3.79. The number of hydrogen-bond acceptors (Lipinski definition) is 2. The van der Waals surface area contributed by atoms with E-state index in [2.05, 4.69) is 47.6 Å². The lowest BCUT2D eigenvalue weighted by Crippen LogP contribution is -2.29. The van der Waals surface area contributed by atoms with Crippen LogP contribution >= 0.6 is 28.6 Å². The van der Waals surface area contributed by atoms with Gasteiger partial charge in [0.1, 0.15) is 0 Å². The molecule has 4 heteroatoms. The molecule has 0 fully saturated rings. The molecule has 88 valence electrons. The van der Waals surface area contributed by atoms with E-state index in [1.807, 2.05) is 13.1 Å². The highest BCUT2D eigenvalue weighted by molar-refractivity contribution is 9.10. The lowest BCUT2D eigenvalue weighted by atomic mass is 10.1. The van der Waals surface area contributed by atoms with Gasteiger partial charge in [0.2, 0.25) is 5.91 Å². The Kier molecular flexibility index (Phi) is 5.35. The van der Waals surface area contributed by atoms with Crippen molar-refractivity contribution in [3.05, 3.63) is 33.8 Å². The number of halogens is 1. The Morgan fingerprint density at radius 1 is 1.50 bits per heavy atom. The Morgan fingerprint density at radius 2 is 2.19 bits per heavy atom. The number of thiol groups is 1. The van der Waals surface area contributed by atoms with E-state index in [0.29, 0.717) is 0 Å². The van der Waals surface area contributed by atoms with Crippen LogP contribution in [0.2, 0.25) is 0 Å². The molecule has 0 atom stereocenters. The quantitative estimate of drug-likeness (QED) is 0.848. The molecule has 0 aromatic heterocycles. The second kappa shape index (κ2) is 6.30. The van der Waals surface area contributed by atoms with Crippen molar-refractivity contribution in [3.63, 3.8) is 0 Å². The zero-order valence-electron chi connectivity index (χ0n) is 9.53. The molecule has 16 heavy (non-hydrogen) atoms. The Balaban J connectivity index is 2.60. The van der Waals surface area contributed by atoms with Crippen molar-refractivity contribution in [1.29, 1.82) is 0 Å². The first kappa shape index (κ1) is 13.6. The first-order valence-electron chi connectivity index (χ1n) is 5.14. The zero-order valence-corrected chi connectivity index (χ0v) is 12.0. The van der Waals surface area contributed by atoms with Crippen LogP contribution in [0.3, 0.4) is 0 Å². The third-order valence-corrected chi connectivity index (χ3v) is 3.35. The fraction of sp³-hybridized carbons (Fsp3) is 0.417. The molecular weight excluding hydrogens is 286 g/mol. The lowest BCUT2D eigenvalue weighted by Gasteiger charge is -2.16. The topological polar surface area (TPSA) is 20.3 Å². The summed E-state index contributed by atoms with van der Waals surface area (Å²) in [5.41, 5.74) is 2.53. The Hall–Kier alpha value is -0.480. The van der Waals surface area contributed by atoms with Crippen LogP contribution in [-0.2, 0) is 11.2 Å². The fourth-order valence-corrected chi connectivity index (χ4v) is 2.09. The van der Waals surface area contributed by atoms with Gasteiger partial charge in [-0.2, -0.15) is 12.6 Å². The van der Waals surface area contributed by atoms with Crippen LogP contribution in [-0.4, -0.2) is 30.2 Å². The number of likely N-dealkylation sites (N-methyl/N-ethyl adjacent to an activating group) is 1. The minimum atomic E-state index is 0.0657. The van der Waals surface area contributed by atoms with E-state index >= 15 is 0 Å². The summed E-state index contributed by atoms with van der Waals surface area (Å²) in [7, 11) is 1.81. The summed E-state index contributed by atoms with van der Waals surface area (Å²) in [4.78, 5) is 13.0. The van der Waals surface area contributed by atoms with Gasteiger partial charge in [-0.15, -0.1) is 0 Å². The predicted octanol–water partition coefficient (Wildman–Crippen LogP) is 2.69. The van der Waals surface area contributed by atoms with Gasteiger partial charge in [0, 0.05) is 18.1 Å². The van der Waals surface area contributed by atoms with Crippen molar-refractivity contribution in [3.8, 4) is 0 Å². The van der Waals surface area contributed by atoms with Crippen molar-refractivity contribution in [2.45, 2.75) is 13.3 Å². The molecule has 0 spiro atoms. The second-order valence-corrected chi connectivity index (χ2v) is 5.03. The maximum absolute atomic E-state index is 11.3. The summed E-state index contributed by atoms with van der Waals surface area (Å²) in [6, 6.07) is 6.22. The third kappa shape index (κ3) is 3.83. The number of carbonyl (C=O) groups excluding carboxylic acids is 1. The van der Waals surface area contributed by atoms with Gasteiger partial charge in [0.25, 0.3) is 0 Å². The Morgan fingerprint density at radius 3 is 2.81 bits per heavy atom. The SMILES string of the molecule is Cc1ccc(Br)cc1CCN(C)C(=O)CS. The Labute approximate surface area is 111 Å². The van der Waals surface area contributed by atoms with E-state index in [0.717, 1.165) is 17.4 Å². The van der Waals surface area contributed by atoms with Crippen LogP contribution in [0.25, 0.3) is 0 Å². The highest BCUT2D eigenvalue weighted by atomic mass is 79.9. The molecule has 0 heterocycles. The van der Waals surface area contributed by atoms with Crippen molar-refractivity contribution in [1.82, 2.24) is 4.90 Å². The summed E-state index contributed by atoms with van der Waals surface area (Å²) < 4.78 is 1.08. The van der Waals surface area contributed by atoms with E-state index in [1.165, 1.54) is 11.1 Å². The van der Waals surface area contributed by atoms with Gasteiger partial charge in [0.15, 0.2) is 0 Å². The molecule has 2 nitrogen and oxygen atoms in total. The van der Waals surface area contributed by atoms with Gasteiger partial charge < -0.3 is 4.90 Å². The summed E-state index contributed by atoms with van der Waals surface area (Å²) in [5, 5.41) is 0. The Bertz CT molecular complexity index is 381. The van der Waals surface area contributed by atoms with Gasteiger partial charge in [-0.3, -0.25) is 4.79 Å². The number of carbonyl (C=O) groups is 1. The summed E-state index contributed by atoms with van der Waals surface area (Å²) in [6.07, 6.45) is 0.876. The van der Waals surface area contributed by atoms with Gasteiger partial charge in [-0.25, -0.2) is 0 Å². The molecule has 1 aromatic carbocycles. The number of rotatable bonds is 4. The molecule has 0 bridgehead atoms. The molecule has 0 aliphatic carbocycles. The van der Waals surface area contributed by atoms with E-state index in [4.69, 9.17) is 0 Å².